The predicted octanol–water partition coefficient (Wildman–Crippen LogP) is 2.91. The number of hydrogen-bond acceptors (Lipinski definition) is 3. The van der Waals surface area contributed by atoms with Crippen LogP contribution in [0.25, 0.3) is 0 Å². The van der Waals surface area contributed by atoms with E-state index in [1.807, 2.05) is 0 Å². The van der Waals surface area contributed by atoms with Crippen LogP contribution in [0.1, 0.15) is 50.0 Å². The zero-order valence-corrected chi connectivity index (χ0v) is 11.3. The maximum atomic E-state index is 5.89. The molecular weight excluding hydrogens is 224 g/mol. The van der Waals surface area contributed by atoms with Crippen molar-refractivity contribution in [1.29, 1.82) is 0 Å². The van der Waals surface area contributed by atoms with Crippen molar-refractivity contribution in [1.82, 2.24) is 10.2 Å². The molecule has 2 aliphatic carbocycles. The second-order valence-corrected chi connectivity index (χ2v) is 5.88. The average molecular weight is 248 g/mol. The van der Waals surface area contributed by atoms with Gasteiger partial charge in [0.15, 0.2) is 0 Å². The number of nitrogens with one attached hydrogen (secondary N) is 1. The van der Waals surface area contributed by atoms with E-state index >= 15 is 0 Å². The van der Waals surface area contributed by atoms with Gasteiger partial charge in [-0.3, -0.25) is 4.90 Å². The topological polar surface area (TPSA) is 28.4 Å². The Labute approximate surface area is 110 Å². The number of nitrogens with zero attached hydrogens (tertiary/aromatic N) is 1. The Morgan fingerprint density at radius 3 is 2.61 bits per heavy atom. The summed E-state index contributed by atoms with van der Waals surface area (Å²) >= 11 is 0. The van der Waals surface area contributed by atoms with Crippen LogP contribution in [0.4, 0.5) is 0 Å². The molecule has 2 aliphatic rings. The Hall–Kier alpha value is -0.800. The molecule has 0 radical (unpaired) electrons. The highest BCUT2D eigenvalue weighted by atomic mass is 16.3. The molecule has 1 aromatic heterocycles. The molecule has 1 N–H and O–H groups in total. The maximum absolute atomic E-state index is 5.89. The number of furan rings is 1. The van der Waals surface area contributed by atoms with Crippen LogP contribution in [0.2, 0.25) is 0 Å². The fourth-order valence-corrected chi connectivity index (χ4v) is 2.85. The van der Waals surface area contributed by atoms with Crippen LogP contribution in [0, 0.1) is 0 Å². The molecule has 0 bridgehead atoms. The molecule has 0 atom stereocenters. The van der Waals surface area contributed by atoms with E-state index in [0.717, 1.165) is 36.7 Å². The van der Waals surface area contributed by atoms with Gasteiger partial charge in [-0.1, -0.05) is 12.8 Å². The molecule has 18 heavy (non-hydrogen) atoms. The van der Waals surface area contributed by atoms with Crippen molar-refractivity contribution >= 4 is 0 Å². The molecule has 0 spiro atoms. The third-order valence-electron chi connectivity index (χ3n) is 4.21. The molecule has 2 fully saturated rings. The normalized spacial score (nSPS) is 21.0. The lowest BCUT2D eigenvalue weighted by Crippen LogP contribution is -2.28. The minimum Gasteiger partial charge on any atom is -0.463 e. The summed E-state index contributed by atoms with van der Waals surface area (Å²) in [5, 5.41) is 3.49. The van der Waals surface area contributed by atoms with Gasteiger partial charge in [-0.2, -0.15) is 0 Å². The molecule has 1 aromatic rings. The van der Waals surface area contributed by atoms with Crippen LogP contribution in [0.15, 0.2) is 16.5 Å². The Bertz CT molecular complexity index is 378. The average Bonchev–Trinajstić information content (AvgIpc) is 2.88. The van der Waals surface area contributed by atoms with E-state index in [2.05, 4.69) is 29.4 Å². The van der Waals surface area contributed by atoms with Crippen molar-refractivity contribution in [2.45, 2.75) is 63.7 Å². The molecule has 1 heterocycles. The van der Waals surface area contributed by atoms with Gasteiger partial charge in [-0.15, -0.1) is 0 Å². The van der Waals surface area contributed by atoms with E-state index in [1.54, 1.807) is 0 Å². The second-order valence-electron chi connectivity index (χ2n) is 5.88. The van der Waals surface area contributed by atoms with Gasteiger partial charge in [0.1, 0.15) is 11.5 Å². The fourth-order valence-electron chi connectivity index (χ4n) is 2.85. The van der Waals surface area contributed by atoms with Crippen LogP contribution in [-0.4, -0.2) is 24.0 Å². The summed E-state index contributed by atoms with van der Waals surface area (Å²) < 4.78 is 5.89. The number of hydrogen-bond donors (Lipinski definition) is 1. The quantitative estimate of drug-likeness (QED) is 0.839. The summed E-state index contributed by atoms with van der Waals surface area (Å²) in [4.78, 5) is 2.45. The molecule has 3 rings (SSSR count). The molecule has 3 nitrogen and oxygen atoms in total. The molecule has 0 saturated heterocycles. The highest BCUT2D eigenvalue weighted by molar-refractivity contribution is 5.07. The molecule has 0 aliphatic heterocycles. The molecule has 3 heteroatoms. The summed E-state index contributed by atoms with van der Waals surface area (Å²) in [6, 6.07) is 5.77. The van der Waals surface area contributed by atoms with Crippen molar-refractivity contribution < 1.29 is 4.42 Å². The van der Waals surface area contributed by atoms with Gasteiger partial charge in [0.2, 0.25) is 0 Å². The third-order valence-corrected chi connectivity index (χ3v) is 4.21. The predicted molar refractivity (Wildman–Crippen MR) is 72.3 cm³/mol. The summed E-state index contributed by atoms with van der Waals surface area (Å²) in [5.74, 6) is 2.19. The van der Waals surface area contributed by atoms with E-state index in [9.17, 15) is 0 Å². The lowest BCUT2D eigenvalue weighted by atomic mass is 10.2. The lowest BCUT2D eigenvalue weighted by molar-refractivity contribution is 0.217. The van der Waals surface area contributed by atoms with Gasteiger partial charge >= 0.3 is 0 Å². The molecule has 0 amide bonds. The lowest BCUT2D eigenvalue weighted by Gasteiger charge is -2.22. The summed E-state index contributed by atoms with van der Waals surface area (Å²) in [7, 11) is 2.22. The highest BCUT2D eigenvalue weighted by Gasteiger charge is 2.22. The molecule has 0 unspecified atom stereocenters. The molecule has 0 aromatic carbocycles. The maximum Gasteiger partial charge on any atom is 0.118 e. The monoisotopic (exact) mass is 248 g/mol. The van der Waals surface area contributed by atoms with Crippen molar-refractivity contribution in [3.05, 3.63) is 23.7 Å². The van der Waals surface area contributed by atoms with Crippen LogP contribution in [0.5, 0.6) is 0 Å². The summed E-state index contributed by atoms with van der Waals surface area (Å²) in [5.41, 5.74) is 0. The first-order valence-electron chi connectivity index (χ1n) is 7.32. The van der Waals surface area contributed by atoms with Gasteiger partial charge in [0, 0.05) is 12.1 Å². The Morgan fingerprint density at radius 2 is 1.89 bits per heavy atom. The van der Waals surface area contributed by atoms with Crippen molar-refractivity contribution in [2.24, 2.45) is 0 Å². The van der Waals surface area contributed by atoms with Crippen LogP contribution in [0.3, 0.4) is 0 Å². The third kappa shape index (κ3) is 3.15. The summed E-state index contributed by atoms with van der Waals surface area (Å²) in [6.45, 7) is 1.84. The van der Waals surface area contributed by atoms with Gasteiger partial charge in [-0.05, 0) is 44.9 Å². The Balaban J connectivity index is 1.48. The first-order chi connectivity index (χ1) is 8.81. The van der Waals surface area contributed by atoms with Crippen LogP contribution >= 0.6 is 0 Å². The van der Waals surface area contributed by atoms with Gasteiger partial charge in [-0.25, -0.2) is 0 Å². The first kappa shape index (κ1) is 12.2. The molecular formula is C15H24N2O. The van der Waals surface area contributed by atoms with Gasteiger partial charge in [0.25, 0.3) is 0 Å². The Morgan fingerprint density at radius 1 is 1.17 bits per heavy atom. The van der Waals surface area contributed by atoms with Crippen LogP contribution in [-0.2, 0) is 13.1 Å². The zero-order chi connectivity index (χ0) is 12.4. The number of rotatable bonds is 6. The van der Waals surface area contributed by atoms with E-state index < -0.39 is 0 Å². The van der Waals surface area contributed by atoms with E-state index in [1.165, 1.54) is 38.5 Å². The largest absolute Gasteiger partial charge is 0.463 e. The van der Waals surface area contributed by atoms with E-state index in [-0.39, 0.29) is 0 Å². The smallest absolute Gasteiger partial charge is 0.118 e. The summed E-state index contributed by atoms with van der Waals surface area (Å²) in [6.07, 6.45) is 8.16. The van der Waals surface area contributed by atoms with E-state index in [0.29, 0.717) is 0 Å². The van der Waals surface area contributed by atoms with Crippen molar-refractivity contribution in [3.8, 4) is 0 Å². The first-order valence-corrected chi connectivity index (χ1v) is 7.32. The molecule has 2 saturated carbocycles. The van der Waals surface area contributed by atoms with Crippen molar-refractivity contribution in [2.75, 3.05) is 7.05 Å². The Kier molecular flexibility index (Phi) is 3.71. The second kappa shape index (κ2) is 5.45. The standard InChI is InChI=1S/C15H24N2O/c1-17(13-4-2-3-5-13)11-15-9-8-14(18-15)10-16-12-6-7-12/h8-9,12-13,16H,2-7,10-11H2,1H3. The van der Waals surface area contributed by atoms with Crippen LogP contribution < -0.4 is 5.32 Å². The van der Waals surface area contributed by atoms with Gasteiger partial charge in [0.05, 0.1) is 13.1 Å². The molecule has 100 valence electrons. The SMILES string of the molecule is CN(Cc1ccc(CNC2CC2)o1)C1CCCC1. The highest BCUT2D eigenvalue weighted by Crippen LogP contribution is 2.24. The van der Waals surface area contributed by atoms with Gasteiger partial charge < -0.3 is 9.73 Å². The minimum atomic E-state index is 0.750. The fraction of sp³-hybridized carbons (Fsp3) is 0.733. The van der Waals surface area contributed by atoms with Crippen molar-refractivity contribution in [3.63, 3.8) is 0 Å². The van der Waals surface area contributed by atoms with E-state index in [4.69, 9.17) is 4.42 Å². The zero-order valence-electron chi connectivity index (χ0n) is 11.3. The minimum absolute atomic E-state index is 0.750.